The fourth-order valence-electron chi connectivity index (χ4n) is 0. The zero-order chi connectivity index (χ0) is 7.58. The van der Waals surface area contributed by atoms with Crippen molar-refractivity contribution in [3.8, 4) is 0 Å². The number of carboxylic acids is 1. The minimum Gasteiger partial charge on any atom is -1.00 e. The predicted octanol–water partition coefficient (Wildman–Crippen LogP) is -1.19. The Morgan fingerprint density at radius 2 is 1.33 bits per heavy atom. The maximum Gasteiger partial charge on any atom is 1.00 e. The van der Waals surface area contributed by atoms with Gasteiger partial charge in [0, 0.05) is 6.92 Å². The summed E-state index contributed by atoms with van der Waals surface area (Å²) in [6.07, 6.45) is 0. The van der Waals surface area contributed by atoms with Gasteiger partial charge < -0.3 is 6.53 Å². The van der Waals surface area contributed by atoms with Gasteiger partial charge in [-0.05, 0) is 0 Å². The smallest absolute Gasteiger partial charge is 1.00 e. The van der Waals surface area contributed by atoms with Crippen LogP contribution in [0.15, 0.2) is 26.3 Å². The van der Waals surface area contributed by atoms with Crippen molar-refractivity contribution in [3.05, 3.63) is 26.3 Å². The average Bonchev–Trinajstić information content (AvgIpc) is 1.75. The SMILES string of the molecule is C=C.C=C.CC(=O)O.[H-].[Na+]. The van der Waals surface area contributed by atoms with Crippen LogP contribution in [-0.4, -0.2) is 11.1 Å². The molecule has 0 saturated carbocycles. The van der Waals surface area contributed by atoms with Crippen LogP contribution in [0.2, 0.25) is 0 Å². The molecule has 0 fully saturated rings. The van der Waals surface area contributed by atoms with Crippen LogP contribution >= 0.6 is 0 Å². The molecule has 0 aliphatic rings. The van der Waals surface area contributed by atoms with Crippen molar-refractivity contribution in [2.75, 3.05) is 0 Å². The molecular formula is C6H13NaO2. The summed E-state index contributed by atoms with van der Waals surface area (Å²) in [4.78, 5) is 9.00. The van der Waals surface area contributed by atoms with E-state index in [-0.39, 0.29) is 31.0 Å². The van der Waals surface area contributed by atoms with Crippen molar-refractivity contribution in [3.63, 3.8) is 0 Å². The van der Waals surface area contributed by atoms with E-state index in [1.54, 1.807) is 0 Å². The molecule has 3 heteroatoms. The van der Waals surface area contributed by atoms with Gasteiger partial charge in [0.1, 0.15) is 0 Å². The van der Waals surface area contributed by atoms with Gasteiger partial charge in [-0.2, -0.15) is 0 Å². The van der Waals surface area contributed by atoms with Crippen molar-refractivity contribution in [2.24, 2.45) is 0 Å². The van der Waals surface area contributed by atoms with Gasteiger partial charge in [0.2, 0.25) is 0 Å². The van der Waals surface area contributed by atoms with Crippen molar-refractivity contribution < 1.29 is 40.9 Å². The second-order valence-electron chi connectivity index (χ2n) is 0.519. The minimum absolute atomic E-state index is 0. The van der Waals surface area contributed by atoms with Gasteiger partial charge in [-0.3, -0.25) is 4.79 Å². The van der Waals surface area contributed by atoms with E-state index in [1.807, 2.05) is 0 Å². The topological polar surface area (TPSA) is 37.3 Å². The van der Waals surface area contributed by atoms with Gasteiger partial charge in [0.25, 0.3) is 5.97 Å². The third kappa shape index (κ3) is 113000. The maximum absolute atomic E-state index is 9.00. The van der Waals surface area contributed by atoms with E-state index in [9.17, 15) is 0 Å². The Hall–Kier alpha value is -0.0500. The summed E-state index contributed by atoms with van der Waals surface area (Å²) in [5.74, 6) is -0.833. The fourth-order valence-corrected chi connectivity index (χ4v) is 0. The van der Waals surface area contributed by atoms with Crippen LogP contribution in [0, 0.1) is 0 Å². The molecule has 0 bridgehead atoms. The normalized spacial score (nSPS) is 3.67. The van der Waals surface area contributed by atoms with E-state index in [0.29, 0.717) is 0 Å². The maximum atomic E-state index is 9.00. The van der Waals surface area contributed by atoms with E-state index < -0.39 is 5.97 Å². The summed E-state index contributed by atoms with van der Waals surface area (Å²) in [5, 5.41) is 7.42. The molecule has 9 heavy (non-hydrogen) atoms. The molecule has 0 radical (unpaired) electrons. The second-order valence-corrected chi connectivity index (χ2v) is 0.519. The molecule has 0 aromatic rings. The van der Waals surface area contributed by atoms with Crippen molar-refractivity contribution in [1.29, 1.82) is 0 Å². The van der Waals surface area contributed by atoms with E-state index in [4.69, 9.17) is 9.90 Å². The molecule has 1 N–H and O–H groups in total. The van der Waals surface area contributed by atoms with Gasteiger partial charge in [0.05, 0.1) is 0 Å². The minimum atomic E-state index is -0.833. The van der Waals surface area contributed by atoms with Gasteiger partial charge in [-0.1, -0.05) is 0 Å². The molecule has 2 nitrogen and oxygen atoms in total. The van der Waals surface area contributed by atoms with Crippen LogP contribution < -0.4 is 29.6 Å². The fraction of sp³-hybridized carbons (Fsp3) is 0.167. The average molecular weight is 140 g/mol. The van der Waals surface area contributed by atoms with Crippen LogP contribution in [0.1, 0.15) is 8.35 Å². The summed E-state index contributed by atoms with van der Waals surface area (Å²) in [7, 11) is 0. The van der Waals surface area contributed by atoms with Gasteiger partial charge in [-0.25, -0.2) is 0 Å². The van der Waals surface area contributed by atoms with Crippen LogP contribution in [0.3, 0.4) is 0 Å². The molecule has 0 spiro atoms. The number of carboxylic acid groups (broad SMARTS) is 1. The Balaban J connectivity index is -0.0000000125. The molecule has 0 heterocycles. The molecular weight excluding hydrogens is 127 g/mol. The molecule has 0 unspecified atom stereocenters. The van der Waals surface area contributed by atoms with E-state index in [0.717, 1.165) is 6.92 Å². The van der Waals surface area contributed by atoms with E-state index >= 15 is 0 Å². The molecule has 0 aliphatic carbocycles. The molecule has 0 aromatic carbocycles. The first-order valence-electron chi connectivity index (χ1n) is 1.93. The molecule has 0 aliphatic heterocycles. The Morgan fingerprint density at radius 3 is 1.33 bits per heavy atom. The monoisotopic (exact) mass is 140 g/mol. The predicted molar refractivity (Wildman–Crippen MR) is 36.9 cm³/mol. The van der Waals surface area contributed by atoms with Crippen LogP contribution in [0.4, 0.5) is 0 Å². The third-order valence-corrected chi connectivity index (χ3v) is 0. The van der Waals surface area contributed by atoms with Crippen LogP contribution in [0.25, 0.3) is 0 Å². The molecule has 0 atom stereocenters. The summed E-state index contributed by atoms with van der Waals surface area (Å²) < 4.78 is 0. The largest absolute Gasteiger partial charge is 1.00 e. The van der Waals surface area contributed by atoms with Crippen molar-refractivity contribution >= 4 is 5.97 Å². The Bertz CT molecular complexity index is 53.7. The zero-order valence-electron chi connectivity index (χ0n) is 7.18. The van der Waals surface area contributed by atoms with E-state index in [2.05, 4.69) is 26.3 Å². The molecule has 0 amide bonds. The number of hydrogen-bond donors (Lipinski definition) is 1. The quantitative estimate of drug-likeness (QED) is 0.339. The zero-order valence-corrected chi connectivity index (χ0v) is 8.18. The van der Waals surface area contributed by atoms with Crippen molar-refractivity contribution in [2.45, 2.75) is 6.92 Å². The number of aliphatic carboxylic acids is 1. The Kier molecular flexibility index (Phi) is 113. The second kappa shape index (κ2) is 44.1. The van der Waals surface area contributed by atoms with Gasteiger partial charge >= 0.3 is 29.6 Å². The first kappa shape index (κ1) is 23.1. The number of rotatable bonds is 0. The Morgan fingerprint density at radius 1 is 1.33 bits per heavy atom. The Labute approximate surface area is 80.1 Å². The summed E-state index contributed by atoms with van der Waals surface area (Å²) in [5.41, 5.74) is 0. The molecule has 0 saturated heterocycles. The van der Waals surface area contributed by atoms with Crippen molar-refractivity contribution in [1.82, 2.24) is 0 Å². The summed E-state index contributed by atoms with van der Waals surface area (Å²) in [6, 6.07) is 0. The van der Waals surface area contributed by atoms with Gasteiger partial charge in [0.15, 0.2) is 0 Å². The van der Waals surface area contributed by atoms with Gasteiger partial charge in [-0.15, -0.1) is 26.3 Å². The van der Waals surface area contributed by atoms with Crippen LogP contribution in [-0.2, 0) is 4.79 Å². The standard InChI is InChI=1S/C2H4O2.2C2H4.Na.H/c1-2(3)4;2*1-2;;/h1H3,(H,3,4);2*1-2H2;;/q;;;+1;-1. The van der Waals surface area contributed by atoms with Crippen LogP contribution in [0.5, 0.6) is 0 Å². The number of carbonyl (C=O) groups is 1. The molecule has 0 rings (SSSR count). The first-order chi connectivity index (χ1) is 3.73. The molecule has 50 valence electrons. The first-order valence-corrected chi connectivity index (χ1v) is 1.93. The van der Waals surface area contributed by atoms with E-state index in [1.165, 1.54) is 0 Å². The summed E-state index contributed by atoms with van der Waals surface area (Å²) in [6.45, 7) is 13.1. The third-order valence-electron chi connectivity index (χ3n) is 0. The molecule has 0 aromatic heterocycles. The number of hydrogen-bond acceptors (Lipinski definition) is 1. The summed E-state index contributed by atoms with van der Waals surface area (Å²) >= 11 is 0.